The lowest BCUT2D eigenvalue weighted by Gasteiger charge is -2.13. The highest BCUT2D eigenvalue weighted by Gasteiger charge is 2.33. The summed E-state index contributed by atoms with van der Waals surface area (Å²) in [7, 11) is 0. The summed E-state index contributed by atoms with van der Waals surface area (Å²) < 4.78 is 54.7. The van der Waals surface area contributed by atoms with Gasteiger partial charge in [-0.1, -0.05) is 35.5 Å². The van der Waals surface area contributed by atoms with Crippen molar-refractivity contribution in [3.63, 3.8) is 0 Å². The number of alkyl halides is 3. The van der Waals surface area contributed by atoms with E-state index in [9.17, 15) is 22.4 Å². The fraction of sp³-hybridized carbons (Fsp3) is 0.0870. The molecule has 1 N–H and O–H groups in total. The zero-order valence-corrected chi connectivity index (χ0v) is 18.8. The Hall–Kier alpha value is -3.37. The monoisotopic (exact) mass is 506 g/mol. The van der Waals surface area contributed by atoms with E-state index < -0.39 is 23.5 Å². The van der Waals surface area contributed by atoms with Crippen molar-refractivity contribution in [3.8, 4) is 17.1 Å². The van der Waals surface area contributed by atoms with Crippen LogP contribution in [0, 0.1) is 5.82 Å². The number of anilines is 1. The lowest BCUT2D eigenvalue weighted by Crippen LogP contribution is -2.18. The number of thioether (sulfide) groups is 1. The Balaban J connectivity index is 1.60. The molecule has 1 aromatic heterocycles. The number of hydrogen-bond donors (Lipinski definition) is 1. The number of hydrogen-bond acceptors (Lipinski definition) is 4. The second-order valence-corrected chi connectivity index (χ2v) is 8.38. The second-order valence-electron chi connectivity index (χ2n) is 7.01. The van der Waals surface area contributed by atoms with Gasteiger partial charge in [-0.3, -0.25) is 9.36 Å². The molecular formula is C23H15ClF4N4OS. The molecule has 0 bridgehead atoms. The van der Waals surface area contributed by atoms with Gasteiger partial charge in [-0.15, -0.1) is 10.2 Å². The summed E-state index contributed by atoms with van der Waals surface area (Å²) in [5.74, 6) is -0.884. The molecule has 174 valence electrons. The van der Waals surface area contributed by atoms with E-state index >= 15 is 0 Å². The molecule has 0 aliphatic heterocycles. The van der Waals surface area contributed by atoms with Gasteiger partial charge in [-0.05, 0) is 60.7 Å². The lowest BCUT2D eigenvalue weighted by molar-refractivity contribution is -0.137. The van der Waals surface area contributed by atoms with Gasteiger partial charge in [0.05, 0.1) is 17.0 Å². The molecule has 0 spiro atoms. The first-order valence-electron chi connectivity index (χ1n) is 9.78. The maximum Gasteiger partial charge on any atom is 0.418 e. The van der Waals surface area contributed by atoms with Gasteiger partial charge >= 0.3 is 6.18 Å². The third kappa shape index (κ3) is 5.40. The summed E-state index contributed by atoms with van der Waals surface area (Å²) in [6.07, 6.45) is -4.60. The third-order valence-electron chi connectivity index (χ3n) is 4.66. The Morgan fingerprint density at radius 2 is 1.65 bits per heavy atom. The van der Waals surface area contributed by atoms with Crippen LogP contribution in [0.25, 0.3) is 17.1 Å². The van der Waals surface area contributed by atoms with Gasteiger partial charge in [-0.2, -0.15) is 13.2 Å². The smallest absolute Gasteiger partial charge is 0.325 e. The molecule has 0 saturated carbocycles. The van der Waals surface area contributed by atoms with Crippen molar-refractivity contribution in [2.45, 2.75) is 11.3 Å². The fourth-order valence-corrected chi connectivity index (χ4v) is 4.01. The number of aromatic nitrogens is 3. The number of benzene rings is 3. The number of nitrogens with one attached hydrogen (secondary N) is 1. The van der Waals surface area contributed by atoms with E-state index in [1.807, 2.05) is 0 Å². The molecule has 1 heterocycles. The molecule has 3 aromatic carbocycles. The van der Waals surface area contributed by atoms with Crippen LogP contribution in [-0.4, -0.2) is 26.4 Å². The molecule has 34 heavy (non-hydrogen) atoms. The first-order valence-corrected chi connectivity index (χ1v) is 11.1. The van der Waals surface area contributed by atoms with Crippen LogP contribution in [0.3, 0.4) is 0 Å². The van der Waals surface area contributed by atoms with Gasteiger partial charge in [0, 0.05) is 16.3 Å². The predicted molar refractivity (Wildman–Crippen MR) is 123 cm³/mol. The van der Waals surface area contributed by atoms with Crippen LogP contribution in [0.4, 0.5) is 23.2 Å². The van der Waals surface area contributed by atoms with E-state index in [1.165, 1.54) is 42.5 Å². The van der Waals surface area contributed by atoms with E-state index in [-0.39, 0.29) is 11.4 Å². The summed E-state index contributed by atoms with van der Waals surface area (Å²) in [6, 6.07) is 17.2. The summed E-state index contributed by atoms with van der Waals surface area (Å²) >= 11 is 6.95. The molecule has 0 fully saturated rings. The van der Waals surface area contributed by atoms with Crippen LogP contribution >= 0.6 is 23.4 Å². The van der Waals surface area contributed by atoms with Crippen molar-refractivity contribution >= 4 is 35.0 Å². The largest absolute Gasteiger partial charge is 0.418 e. The zero-order valence-electron chi connectivity index (χ0n) is 17.2. The van der Waals surface area contributed by atoms with Crippen LogP contribution in [0.15, 0.2) is 78.0 Å². The number of amides is 1. The van der Waals surface area contributed by atoms with E-state index in [2.05, 4.69) is 15.5 Å². The van der Waals surface area contributed by atoms with Crippen LogP contribution in [0.2, 0.25) is 5.02 Å². The Bertz CT molecular complexity index is 1310. The summed E-state index contributed by atoms with van der Waals surface area (Å²) in [6.45, 7) is 0. The van der Waals surface area contributed by atoms with E-state index in [0.717, 1.165) is 17.8 Å². The topological polar surface area (TPSA) is 59.8 Å². The minimum Gasteiger partial charge on any atom is -0.325 e. The Morgan fingerprint density at radius 3 is 2.32 bits per heavy atom. The lowest BCUT2D eigenvalue weighted by atomic mass is 10.1. The molecule has 0 aliphatic rings. The first-order chi connectivity index (χ1) is 16.2. The minimum absolute atomic E-state index is 0.230. The fourth-order valence-electron chi connectivity index (χ4n) is 3.13. The molecule has 0 saturated heterocycles. The molecule has 4 rings (SSSR count). The van der Waals surface area contributed by atoms with Crippen molar-refractivity contribution < 1.29 is 22.4 Å². The maximum atomic E-state index is 13.5. The van der Waals surface area contributed by atoms with Gasteiger partial charge in [-0.25, -0.2) is 4.39 Å². The molecule has 0 radical (unpaired) electrons. The predicted octanol–water partition coefficient (Wildman–Crippen LogP) is 6.48. The molecule has 0 atom stereocenters. The summed E-state index contributed by atoms with van der Waals surface area (Å²) in [4.78, 5) is 12.5. The first kappa shape index (κ1) is 23.8. The number of para-hydroxylation sites is 1. The number of carbonyl (C=O) groups excluding carboxylic acids is 1. The normalized spacial score (nSPS) is 11.4. The number of halogens is 5. The van der Waals surface area contributed by atoms with Gasteiger partial charge in [0.2, 0.25) is 5.91 Å². The number of carbonyl (C=O) groups is 1. The maximum absolute atomic E-state index is 13.5. The van der Waals surface area contributed by atoms with Crippen molar-refractivity contribution in [1.29, 1.82) is 0 Å². The van der Waals surface area contributed by atoms with Gasteiger partial charge < -0.3 is 5.32 Å². The highest BCUT2D eigenvalue weighted by Crippen LogP contribution is 2.35. The summed E-state index contributed by atoms with van der Waals surface area (Å²) in [5, 5.41) is 11.5. The van der Waals surface area contributed by atoms with E-state index in [0.29, 0.717) is 27.3 Å². The van der Waals surface area contributed by atoms with Gasteiger partial charge in [0.25, 0.3) is 0 Å². The van der Waals surface area contributed by atoms with Crippen molar-refractivity contribution in [2.75, 3.05) is 11.1 Å². The average Bonchev–Trinajstić information content (AvgIpc) is 3.22. The van der Waals surface area contributed by atoms with Crippen molar-refractivity contribution in [1.82, 2.24) is 14.8 Å². The van der Waals surface area contributed by atoms with E-state index in [4.69, 9.17) is 11.6 Å². The Morgan fingerprint density at radius 1 is 0.971 bits per heavy atom. The SMILES string of the molecule is O=C(CSc1nnc(-c2ccc(Cl)cc2)n1-c1ccc(F)cc1)Nc1ccccc1C(F)(F)F. The van der Waals surface area contributed by atoms with Crippen LogP contribution in [-0.2, 0) is 11.0 Å². The zero-order chi connectivity index (χ0) is 24.3. The third-order valence-corrected chi connectivity index (χ3v) is 5.84. The second kappa shape index (κ2) is 9.86. The van der Waals surface area contributed by atoms with Crippen LogP contribution in [0.1, 0.15) is 5.56 Å². The van der Waals surface area contributed by atoms with Crippen molar-refractivity contribution in [3.05, 3.63) is 89.2 Å². The highest BCUT2D eigenvalue weighted by atomic mass is 35.5. The molecule has 11 heteroatoms. The molecular weight excluding hydrogens is 492 g/mol. The average molecular weight is 507 g/mol. The molecule has 5 nitrogen and oxygen atoms in total. The Labute approximate surface area is 200 Å². The molecule has 0 unspecified atom stereocenters. The number of rotatable bonds is 6. The summed E-state index contributed by atoms with van der Waals surface area (Å²) in [5.41, 5.74) is -0.0476. The van der Waals surface area contributed by atoms with Crippen molar-refractivity contribution in [2.24, 2.45) is 0 Å². The number of nitrogens with zero attached hydrogens (tertiary/aromatic N) is 3. The van der Waals surface area contributed by atoms with Gasteiger partial charge in [0.1, 0.15) is 5.82 Å². The van der Waals surface area contributed by atoms with Crippen LogP contribution < -0.4 is 5.32 Å². The van der Waals surface area contributed by atoms with Crippen LogP contribution in [0.5, 0.6) is 0 Å². The highest BCUT2D eigenvalue weighted by molar-refractivity contribution is 7.99. The molecule has 1 amide bonds. The molecule has 4 aromatic rings. The van der Waals surface area contributed by atoms with Gasteiger partial charge in [0.15, 0.2) is 11.0 Å². The minimum atomic E-state index is -4.60. The molecule has 0 aliphatic carbocycles. The Kier molecular flexibility index (Phi) is 6.90. The quantitative estimate of drug-likeness (QED) is 0.240. The van der Waals surface area contributed by atoms with E-state index in [1.54, 1.807) is 28.8 Å². The standard InChI is InChI=1S/C23H15ClF4N4OS/c24-15-7-5-14(6-8-15)21-30-31-22(32(21)17-11-9-16(25)10-12-17)34-13-20(33)29-19-4-2-1-3-18(19)23(26,27)28/h1-12H,13H2,(H,29,33).